The normalized spacial score (nSPS) is 11.8. The van der Waals surface area contributed by atoms with Gasteiger partial charge in [-0.05, 0) is 51.9 Å². The first-order valence-electron chi connectivity index (χ1n) is 14.3. The van der Waals surface area contributed by atoms with Crippen LogP contribution in [-0.2, 0) is 0 Å². The fourth-order valence-corrected chi connectivity index (χ4v) is 6.55. The van der Waals surface area contributed by atoms with E-state index < -0.39 is 0 Å². The number of fused-ring (bicyclic) bond motifs is 10. The van der Waals surface area contributed by atoms with Crippen molar-refractivity contribution in [3.8, 4) is 27.9 Å². The Bertz CT molecular complexity index is 2430. The average molecular weight is 536 g/mol. The van der Waals surface area contributed by atoms with Gasteiger partial charge in [-0.2, -0.15) is 0 Å². The Kier molecular flexibility index (Phi) is 4.90. The third-order valence-electron chi connectivity index (χ3n) is 8.52. The summed E-state index contributed by atoms with van der Waals surface area (Å²) in [5, 5.41) is 4.78. The largest absolute Gasteiger partial charge is 0.294 e. The van der Waals surface area contributed by atoms with E-state index >= 15 is 0 Å². The molecule has 0 atom stereocenters. The maximum atomic E-state index is 5.31. The molecule has 0 radical (unpaired) electrons. The number of pyridine rings is 1. The van der Waals surface area contributed by atoms with E-state index in [1.165, 1.54) is 33.0 Å². The van der Waals surface area contributed by atoms with Crippen molar-refractivity contribution in [2.24, 2.45) is 0 Å². The molecule has 0 amide bonds. The molecule has 0 bridgehead atoms. The highest BCUT2D eigenvalue weighted by molar-refractivity contribution is 6.16. The summed E-state index contributed by atoms with van der Waals surface area (Å²) in [5.41, 5.74) is 11.4. The lowest BCUT2D eigenvalue weighted by Crippen LogP contribution is -1.99. The Balaban J connectivity index is 1.26. The fraction of sp³-hybridized carbons (Fsp3) is 0. The molecule has 0 aliphatic heterocycles. The third-order valence-corrected chi connectivity index (χ3v) is 8.52. The van der Waals surface area contributed by atoms with Gasteiger partial charge in [-0.15, -0.1) is 0 Å². The van der Waals surface area contributed by atoms with E-state index in [2.05, 4.69) is 161 Å². The molecule has 3 aromatic heterocycles. The van der Waals surface area contributed by atoms with E-state index in [0.29, 0.717) is 0 Å². The summed E-state index contributed by atoms with van der Waals surface area (Å²) < 4.78 is 4.72. The van der Waals surface area contributed by atoms with Crippen molar-refractivity contribution in [1.29, 1.82) is 0 Å². The van der Waals surface area contributed by atoms with Crippen LogP contribution in [0.4, 0.5) is 0 Å². The van der Waals surface area contributed by atoms with Gasteiger partial charge < -0.3 is 0 Å². The third kappa shape index (κ3) is 3.31. The summed E-state index contributed by atoms with van der Waals surface area (Å²) in [6, 6.07) is 54.1. The van der Waals surface area contributed by atoms with E-state index in [1.807, 2.05) is 0 Å². The topological polar surface area (TPSA) is 22.2 Å². The Morgan fingerprint density at radius 1 is 0.381 bits per heavy atom. The van der Waals surface area contributed by atoms with Gasteiger partial charge in [-0.3, -0.25) is 8.97 Å². The van der Waals surface area contributed by atoms with Crippen LogP contribution >= 0.6 is 0 Å². The van der Waals surface area contributed by atoms with Gasteiger partial charge >= 0.3 is 0 Å². The van der Waals surface area contributed by atoms with Crippen LogP contribution in [0.2, 0.25) is 0 Å². The van der Waals surface area contributed by atoms with Crippen LogP contribution in [0, 0.1) is 0 Å². The first-order valence-corrected chi connectivity index (χ1v) is 14.3. The van der Waals surface area contributed by atoms with Crippen molar-refractivity contribution >= 4 is 49.4 Å². The smallest absolute Gasteiger partial charge is 0.151 e. The summed E-state index contributed by atoms with van der Waals surface area (Å²) in [5.74, 6) is 0. The fourth-order valence-electron chi connectivity index (χ4n) is 6.55. The Morgan fingerprint density at radius 3 is 1.57 bits per heavy atom. The number of rotatable bonds is 3. The number of imidazole rings is 1. The zero-order valence-electron chi connectivity index (χ0n) is 22.8. The van der Waals surface area contributed by atoms with E-state index in [4.69, 9.17) is 4.98 Å². The standard InChI is InChI=1S/C39H25N3/c1-2-10-26(11-3-1)27-18-20-28(21-19-27)29-22-24-30(25-23-29)41-36-17-9-7-15-34(36)37-39(41)42-35-16-8-6-13-32(35)31-12-4-5-14-33(31)38(42)40-37/h1-25H. The monoisotopic (exact) mass is 535 g/mol. The van der Waals surface area contributed by atoms with Gasteiger partial charge in [0.25, 0.3) is 0 Å². The van der Waals surface area contributed by atoms with E-state index in [9.17, 15) is 0 Å². The first-order chi connectivity index (χ1) is 20.8. The van der Waals surface area contributed by atoms with Crippen LogP contribution in [-0.4, -0.2) is 14.0 Å². The molecule has 0 saturated heterocycles. The number of nitrogens with zero attached hydrogens (tertiary/aromatic N) is 3. The highest BCUT2D eigenvalue weighted by Gasteiger charge is 2.21. The summed E-state index contributed by atoms with van der Waals surface area (Å²) in [4.78, 5) is 5.31. The molecule has 0 aliphatic carbocycles. The van der Waals surface area contributed by atoms with E-state index in [-0.39, 0.29) is 0 Å². The van der Waals surface area contributed by atoms with Gasteiger partial charge in [0.2, 0.25) is 0 Å². The Morgan fingerprint density at radius 2 is 0.881 bits per heavy atom. The van der Waals surface area contributed by atoms with Crippen molar-refractivity contribution in [1.82, 2.24) is 14.0 Å². The number of hydrogen-bond acceptors (Lipinski definition) is 1. The van der Waals surface area contributed by atoms with Crippen LogP contribution in [0.1, 0.15) is 0 Å². The van der Waals surface area contributed by atoms with Gasteiger partial charge in [0, 0.05) is 21.8 Å². The molecule has 0 unspecified atom stereocenters. The first kappa shape index (κ1) is 23.1. The maximum Gasteiger partial charge on any atom is 0.151 e. The summed E-state index contributed by atoms with van der Waals surface area (Å²) in [6.45, 7) is 0. The highest BCUT2D eigenvalue weighted by atomic mass is 15.2. The quantitative estimate of drug-likeness (QED) is 0.206. The minimum atomic E-state index is 0.990. The lowest BCUT2D eigenvalue weighted by molar-refractivity contribution is 1.12. The molecule has 3 nitrogen and oxygen atoms in total. The number of aromatic nitrogens is 3. The summed E-state index contributed by atoms with van der Waals surface area (Å²) >= 11 is 0. The number of para-hydroxylation sites is 2. The highest BCUT2D eigenvalue weighted by Crippen LogP contribution is 2.38. The van der Waals surface area contributed by atoms with Crippen molar-refractivity contribution in [3.63, 3.8) is 0 Å². The molecular weight excluding hydrogens is 510 g/mol. The van der Waals surface area contributed by atoms with Crippen LogP contribution in [0.25, 0.3) is 77.3 Å². The van der Waals surface area contributed by atoms with Crippen LogP contribution in [0.5, 0.6) is 0 Å². The number of benzene rings is 6. The van der Waals surface area contributed by atoms with E-state index in [1.54, 1.807) is 0 Å². The predicted octanol–water partition coefficient (Wildman–Crippen LogP) is 10.1. The van der Waals surface area contributed by atoms with Gasteiger partial charge in [-0.25, -0.2) is 4.98 Å². The minimum absolute atomic E-state index is 0.990. The SMILES string of the molecule is c1ccc(-c2ccc(-c3ccc(-n4c5ccccc5c5nc6c7ccccc7c7ccccc7n6c54)cc3)cc2)cc1. The second-order valence-electron chi connectivity index (χ2n) is 10.8. The second kappa shape index (κ2) is 8.92. The van der Waals surface area contributed by atoms with Crippen molar-refractivity contribution in [3.05, 3.63) is 152 Å². The average Bonchev–Trinajstić information content (AvgIpc) is 3.61. The molecule has 0 saturated carbocycles. The molecule has 9 rings (SSSR count). The molecule has 3 heteroatoms. The molecule has 0 aliphatic rings. The van der Waals surface area contributed by atoms with Gasteiger partial charge in [0.15, 0.2) is 5.65 Å². The molecule has 0 N–H and O–H groups in total. The molecule has 0 fully saturated rings. The van der Waals surface area contributed by atoms with Gasteiger partial charge in [-0.1, -0.05) is 127 Å². The van der Waals surface area contributed by atoms with E-state index in [0.717, 1.165) is 44.3 Å². The van der Waals surface area contributed by atoms with Crippen molar-refractivity contribution < 1.29 is 0 Å². The van der Waals surface area contributed by atoms with Gasteiger partial charge in [0.05, 0.1) is 11.0 Å². The zero-order valence-corrected chi connectivity index (χ0v) is 22.8. The predicted molar refractivity (Wildman–Crippen MR) is 175 cm³/mol. The lowest BCUT2D eigenvalue weighted by atomic mass is 10.0. The van der Waals surface area contributed by atoms with Crippen LogP contribution < -0.4 is 0 Å². The summed E-state index contributed by atoms with van der Waals surface area (Å²) in [7, 11) is 0. The maximum absolute atomic E-state index is 5.31. The molecule has 0 spiro atoms. The van der Waals surface area contributed by atoms with Crippen molar-refractivity contribution in [2.45, 2.75) is 0 Å². The minimum Gasteiger partial charge on any atom is -0.294 e. The Labute approximate surface area is 242 Å². The molecule has 3 heterocycles. The molecule has 42 heavy (non-hydrogen) atoms. The molecule has 196 valence electrons. The summed E-state index contributed by atoms with van der Waals surface area (Å²) in [6.07, 6.45) is 0. The van der Waals surface area contributed by atoms with Crippen LogP contribution in [0.15, 0.2) is 152 Å². The van der Waals surface area contributed by atoms with Crippen LogP contribution in [0.3, 0.4) is 0 Å². The lowest BCUT2D eigenvalue weighted by Gasteiger charge is -2.12. The zero-order chi connectivity index (χ0) is 27.6. The second-order valence-corrected chi connectivity index (χ2v) is 10.8. The molecule has 6 aromatic carbocycles. The van der Waals surface area contributed by atoms with Crippen molar-refractivity contribution in [2.75, 3.05) is 0 Å². The molecule has 9 aromatic rings. The Hall–Kier alpha value is -5.67. The van der Waals surface area contributed by atoms with Gasteiger partial charge in [0.1, 0.15) is 11.2 Å². The number of hydrogen-bond donors (Lipinski definition) is 0. The molecular formula is C39H25N3.